The minimum Gasteiger partial charge on any atom is -0.507 e. The summed E-state index contributed by atoms with van der Waals surface area (Å²) in [4.78, 5) is 0. The molecule has 0 saturated heterocycles. The maximum Gasteiger partial charge on any atom is 0.123 e. The van der Waals surface area contributed by atoms with E-state index in [1.165, 1.54) is 0 Å². The number of anilines is 1. The molecule has 0 aliphatic carbocycles. The monoisotopic (exact) mass is 199 g/mol. The number of phenolic OH excluding ortho intramolecular Hbond substituents is 1. The van der Waals surface area contributed by atoms with Crippen molar-refractivity contribution in [3.05, 3.63) is 48.5 Å². The topological polar surface area (TPSA) is 32.3 Å². The molecule has 0 saturated carbocycles. The molecule has 0 heterocycles. The fourth-order valence-electron chi connectivity index (χ4n) is 1.64. The van der Waals surface area contributed by atoms with Crippen LogP contribution in [0, 0.1) is 0 Å². The van der Waals surface area contributed by atoms with Gasteiger partial charge in [0.05, 0.1) is 0 Å². The highest BCUT2D eigenvalue weighted by Crippen LogP contribution is 2.33. The highest BCUT2D eigenvalue weighted by molar-refractivity contribution is 5.81. The number of hydrogen-bond donors (Lipinski definition) is 2. The van der Waals surface area contributed by atoms with Crippen LogP contribution >= 0.6 is 0 Å². The summed E-state index contributed by atoms with van der Waals surface area (Å²) in [6.07, 6.45) is 0. The molecule has 0 aromatic heterocycles. The minimum atomic E-state index is 0.306. The summed E-state index contributed by atoms with van der Waals surface area (Å²) >= 11 is 0. The Kier molecular flexibility index (Phi) is 2.59. The average molecular weight is 199 g/mol. The molecule has 0 fully saturated rings. The molecule has 2 aromatic rings. The Morgan fingerprint density at radius 3 is 2.13 bits per heavy atom. The van der Waals surface area contributed by atoms with Gasteiger partial charge < -0.3 is 10.4 Å². The molecule has 15 heavy (non-hydrogen) atoms. The molecule has 0 spiro atoms. The van der Waals surface area contributed by atoms with Gasteiger partial charge in [-0.15, -0.1) is 0 Å². The molecule has 0 aliphatic rings. The van der Waals surface area contributed by atoms with Gasteiger partial charge in [0.2, 0.25) is 0 Å². The van der Waals surface area contributed by atoms with Crippen LogP contribution in [0.2, 0.25) is 0 Å². The Hall–Kier alpha value is -1.96. The molecule has 0 bridgehead atoms. The summed E-state index contributed by atoms with van der Waals surface area (Å²) in [5, 5.41) is 12.9. The second-order valence-electron chi connectivity index (χ2n) is 3.31. The largest absolute Gasteiger partial charge is 0.507 e. The van der Waals surface area contributed by atoms with Crippen LogP contribution in [0.4, 0.5) is 5.69 Å². The molecule has 2 nitrogen and oxygen atoms in total. The first-order chi connectivity index (χ1) is 7.33. The Bertz CT molecular complexity index is 466. The molecule has 2 N–H and O–H groups in total. The fourth-order valence-corrected chi connectivity index (χ4v) is 1.64. The predicted octanol–water partition coefficient (Wildman–Crippen LogP) is 3.10. The Morgan fingerprint density at radius 2 is 1.47 bits per heavy atom. The maximum atomic E-state index is 9.76. The SMILES string of the molecule is CNc1ccccc1-c1ccccc1O. The smallest absolute Gasteiger partial charge is 0.123 e. The van der Waals surface area contributed by atoms with E-state index in [0.717, 1.165) is 16.8 Å². The third kappa shape index (κ3) is 1.79. The minimum absolute atomic E-state index is 0.306. The molecule has 0 unspecified atom stereocenters. The molecule has 2 aromatic carbocycles. The lowest BCUT2D eigenvalue weighted by molar-refractivity contribution is 0.477. The number of hydrogen-bond acceptors (Lipinski definition) is 2. The number of para-hydroxylation sites is 2. The van der Waals surface area contributed by atoms with E-state index in [-0.39, 0.29) is 0 Å². The third-order valence-electron chi connectivity index (χ3n) is 2.39. The number of nitrogens with one attached hydrogen (secondary N) is 1. The van der Waals surface area contributed by atoms with Gasteiger partial charge in [-0.05, 0) is 12.1 Å². The van der Waals surface area contributed by atoms with E-state index >= 15 is 0 Å². The van der Waals surface area contributed by atoms with E-state index in [0.29, 0.717) is 5.75 Å². The summed E-state index contributed by atoms with van der Waals surface area (Å²) in [5.41, 5.74) is 2.87. The van der Waals surface area contributed by atoms with E-state index in [1.54, 1.807) is 6.07 Å². The van der Waals surface area contributed by atoms with Crippen LogP contribution in [0.15, 0.2) is 48.5 Å². The fraction of sp³-hybridized carbons (Fsp3) is 0.0769. The number of aromatic hydroxyl groups is 1. The van der Waals surface area contributed by atoms with Crippen molar-refractivity contribution in [2.45, 2.75) is 0 Å². The van der Waals surface area contributed by atoms with E-state index in [4.69, 9.17) is 0 Å². The first kappa shape index (κ1) is 9.59. The highest BCUT2D eigenvalue weighted by atomic mass is 16.3. The van der Waals surface area contributed by atoms with E-state index < -0.39 is 0 Å². The van der Waals surface area contributed by atoms with Gasteiger partial charge in [-0.1, -0.05) is 36.4 Å². The van der Waals surface area contributed by atoms with Crippen LogP contribution < -0.4 is 5.32 Å². The van der Waals surface area contributed by atoms with Gasteiger partial charge in [-0.2, -0.15) is 0 Å². The van der Waals surface area contributed by atoms with Crippen molar-refractivity contribution < 1.29 is 5.11 Å². The van der Waals surface area contributed by atoms with Gasteiger partial charge in [0.1, 0.15) is 5.75 Å². The van der Waals surface area contributed by atoms with Crippen molar-refractivity contribution in [2.24, 2.45) is 0 Å². The van der Waals surface area contributed by atoms with Gasteiger partial charge in [0.15, 0.2) is 0 Å². The maximum absolute atomic E-state index is 9.76. The average Bonchev–Trinajstić information content (AvgIpc) is 2.30. The first-order valence-corrected chi connectivity index (χ1v) is 4.88. The first-order valence-electron chi connectivity index (χ1n) is 4.88. The Morgan fingerprint density at radius 1 is 0.867 bits per heavy atom. The lowest BCUT2D eigenvalue weighted by Gasteiger charge is -2.09. The summed E-state index contributed by atoms with van der Waals surface area (Å²) in [5.74, 6) is 0.306. The molecule has 0 radical (unpaired) electrons. The summed E-state index contributed by atoms with van der Waals surface area (Å²) in [6, 6.07) is 15.2. The van der Waals surface area contributed by atoms with Crippen LogP contribution in [0.5, 0.6) is 5.75 Å². The van der Waals surface area contributed by atoms with Gasteiger partial charge >= 0.3 is 0 Å². The quantitative estimate of drug-likeness (QED) is 0.779. The molecule has 76 valence electrons. The molecule has 2 rings (SSSR count). The van der Waals surface area contributed by atoms with Crippen LogP contribution in [0.3, 0.4) is 0 Å². The normalized spacial score (nSPS) is 9.93. The van der Waals surface area contributed by atoms with Gasteiger partial charge in [0.25, 0.3) is 0 Å². The number of rotatable bonds is 2. The zero-order valence-corrected chi connectivity index (χ0v) is 8.57. The van der Waals surface area contributed by atoms with Gasteiger partial charge in [-0.25, -0.2) is 0 Å². The van der Waals surface area contributed by atoms with E-state index in [2.05, 4.69) is 5.32 Å². The molecule has 0 amide bonds. The van der Waals surface area contributed by atoms with Crippen LogP contribution in [-0.2, 0) is 0 Å². The highest BCUT2D eigenvalue weighted by Gasteiger charge is 2.06. The van der Waals surface area contributed by atoms with Crippen molar-refractivity contribution in [1.29, 1.82) is 0 Å². The number of benzene rings is 2. The Balaban J connectivity index is 2.59. The summed E-state index contributed by atoms with van der Waals surface area (Å²) in [7, 11) is 1.87. The Labute approximate surface area is 89.2 Å². The van der Waals surface area contributed by atoms with Crippen LogP contribution in [0.1, 0.15) is 0 Å². The second-order valence-corrected chi connectivity index (χ2v) is 3.31. The molecular formula is C13H13NO. The van der Waals surface area contributed by atoms with E-state index in [9.17, 15) is 5.11 Å². The van der Waals surface area contributed by atoms with Crippen molar-refractivity contribution in [3.63, 3.8) is 0 Å². The molecule has 2 heteroatoms. The standard InChI is InChI=1S/C13H13NO/c1-14-12-8-4-2-6-10(12)11-7-3-5-9-13(11)15/h2-9,14-15H,1H3. The molecule has 0 aliphatic heterocycles. The van der Waals surface area contributed by atoms with Gasteiger partial charge in [-0.3, -0.25) is 0 Å². The third-order valence-corrected chi connectivity index (χ3v) is 2.39. The van der Waals surface area contributed by atoms with Crippen molar-refractivity contribution in [2.75, 3.05) is 12.4 Å². The second kappa shape index (κ2) is 4.05. The van der Waals surface area contributed by atoms with Crippen LogP contribution in [0.25, 0.3) is 11.1 Å². The summed E-state index contributed by atoms with van der Waals surface area (Å²) < 4.78 is 0. The van der Waals surface area contributed by atoms with Crippen molar-refractivity contribution >= 4 is 5.69 Å². The predicted molar refractivity (Wildman–Crippen MR) is 63.1 cm³/mol. The van der Waals surface area contributed by atoms with Crippen molar-refractivity contribution in [1.82, 2.24) is 0 Å². The zero-order valence-electron chi connectivity index (χ0n) is 8.57. The van der Waals surface area contributed by atoms with Crippen LogP contribution in [-0.4, -0.2) is 12.2 Å². The van der Waals surface area contributed by atoms with Gasteiger partial charge in [0, 0.05) is 23.9 Å². The van der Waals surface area contributed by atoms with Crippen molar-refractivity contribution in [3.8, 4) is 16.9 Å². The number of phenols is 1. The molecule has 0 atom stereocenters. The zero-order chi connectivity index (χ0) is 10.7. The lowest BCUT2D eigenvalue weighted by Crippen LogP contribution is -1.91. The lowest BCUT2D eigenvalue weighted by atomic mass is 10.0. The summed E-state index contributed by atoms with van der Waals surface area (Å²) in [6.45, 7) is 0. The molecular weight excluding hydrogens is 186 g/mol. The van der Waals surface area contributed by atoms with E-state index in [1.807, 2.05) is 49.5 Å².